The molecule has 3 heterocycles. The third-order valence-corrected chi connectivity index (χ3v) is 5.01. The minimum atomic E-state index is -1.29. The molecule has 0 atom stereocenters. The van der Waals surface area contributed by atoms with Gasteiger partial charge in [0.2, 0.25) is 0 Å². The highest BCUT2D eigenvalue weighted by Crippen LogP contribution is 2.37. The number of aryl methyl sites for hydroxylation is 1. The quantitative estimate of drug-likeness (QED) is 0.661. The van der Waals surface area contributed by atoms with E-state index in [0.29, 0.717) is 35.2 Å². The average Bonchev–Trinajstić information content (AvgIpc) is 3.11. The van der Waals surface area contributed by atoms with E-state index < -0.39 is 11.8 Å². The molecule has 0 amide bonds. The second-order valence-electron chi connectivity index (χ2n) is 5.97. The summed E-state index contributed by atoms with van der Waals surface area (Å²) in [5, 5.41) is 9.91. The van der Waals surface area contributed by atoms with Crippen LogP contribution in [0.3, 0.4) is 0 Å². The van der Waals surface area contributed by atoms with Crippen molar-refractivity contribution in [2.45, 2.75) is 12.1 Å². The van der Waals surface area contributed by atoms with Crippen LogP contribution in [0.5, 0.6) is 0 Å². The number of thioether (sulfide) groups is 1. The Labute approximate surface area is 153 Å². The van der Waals surface area contributed by atoms with Crippen molar-refractivity contribution in [3.63, 3.8) is 0 Å². The number of aliphatic imine (C=N–C) groups is 1. The Morgan fingerprint density at radius 3 is 2.92 bits per heavy atom. The van der Waals surface area contributed by atoms with E-state index in [0.717, 1.165) is 11.4 Å². The second-order valence-corrected chi connectivity index (χ2v) is 6.75. The van der Waals surface area contributed by atoms with Crippen LogP contribution in [0.2, 0.25) is 0 Å². The lowest BCUT2D eigenvalue weighted by Gasteiger charge is -2.28. The zero-order chi connectivity index (χ0) is 18.4. The number of aromatic carboxylic acids is 1. The fourth-order valence-electron chi connectivity index (χ4n) is 3.24. The summed E-state index contributed by atoms with van der Waals surface area (Å²) >= 11 is 1.45. The van der Waals surface area contributed by atoms with Crippen LogP contribution in [0.25, 0.3) is 11.6 Å². The van der Waals surface area contributed by atoms with E-state index in [4.69, 9.17) is 0 Å². The number of anilines is 1. The summed E-state index contributed by atoms with van der Waals surface area (Å²) in [6, 6.07) is 2.90. The number of carboxylic acids is 1. The molecule has 2 aliphatic rings. The third kappa shape index (κ3) is 2.48. The predicted octanol–water partition coefficient (Wildman–Crippen LogP) is 3.12. The molecule has 1 aromatic carbocycles. The number of hydrogen-bond acceptors (Lipinski definition) is 6. The van der Waals surface area contributed by atoms with Crippen molar-refractivity contribution >= 4 is 41.0 Å². The smallest absolute Gasteiger partial charge is 0.338 e. The molecular weight excluding hydrogens is 355 g/mol. The normalized spacial score (nSPS) is 15.3. The lowest BCUT2D eigenvalue weighted by Crippen LogP contribution is -2.33. The maximum atomic E-state index is 15.0. The first-order valence-electron chi connectivity index (χ1n) is 7.99. The zero-order valence-corrected chi connectivity index (χ0v) is 15.0. The fraction of sp³-hybridized carbons (Fsp3) is 0.222. The number of carboxylic acid groups (broad SMARTS) is 1. The topological polar surface area (TPSA) is 78.7 Å². The molecule has 4 rings (SSSR count). The number of fused-ring (bicyclic) bond motifs is 3. The van der Waals surface area contributed by atoms with Gasteiger partial charge < -0.3 is 10.0 Å². The fourth-order valence-corrected chi connectivity index (χ4v) is 3.58. The van der Waals surface area contributed by atoms with Gasteiger partial charge in [0.15, 0.2) is 5.16 Å². The number of rotatable bonds is 3. The summed E-state index contributed by atoms with van der Waals surface area (Å²) < 4.78 is 15.0. The van der Waals surface area contributed by atoms with E-state index in [2.05, 4.69) is 15.0 Å². The average molecular weight is 370 g/mol. The molecule has 26 heavy (non-hydrogen) atoms. The molecule has 0 bridgehead atoms. The summed E-state index contributed by atoms with van der Waals surface area (Å²) in [4.78, 5) is 26.7. The molecule has 6 nitrogen and oxygen atoms in total. The Bertz CT molecular complexity index is 1000. The van der Waals surface area contributed by atoms with Crippen LogP contribution < -0.4 is 4.90 Å². The summed E-state index contributed by atoms with van der Waals surface area (Å²) in [5.74, 6) is -0.674. The minimum absolute atomic E-state index is 0.259. The molecule has 132 valence electrons. The Kier molecular flexibility index (Phi) is 3.99. The maximum Gasteiger partial charge on any atom is 0.338 e. The second kappa shape index (κ2) is 6.21. The van der Waals surface area contributed by atoms with E-state index in [1.54, 1.807) is 25.3 Å². The molecule has 1 aromatic heterocycles. The monoisotopic (exact) mass is 370 g/mol. The van der Waals surface area contributed by atoms with Gasteiger partial charge in [-0.1, -0.05) is 17.8 Å². The highest BCUT2D eigenvalue weighted by atomic mass is 32.2. The molecule has 1 N–H and O–H groups in total. The van der Waals surface area contributed by atoms with Crippen molar-refractivity contribution in [2.24, 2.45) is 4.99 Å². The van der Waals surface area contributed by atoms with Crippen molar-refractivity contribution in [2.75, 3.05) is 24.2 Å². The van der Waals surface area contributed by atoms with E-state index in [9.17, 15) is 14.3 Å². The lowest BCUT2D eigenvalue weighted by atomic mass is 9.92. The Morgan fingerprint density at radius 1 is 1.38 bits per heavy atom. The highest BCUT2D eigenvalue weighted by Gasteiger charge is 2.33. The molecule has 2 aromatic rings. The predicted molar refractivity (Wildman–Crippen MR) is 99.4 cm³/mol. The van der Waals surface area contributed by atoms with Crippen LogP contribution in [0.15, 0.2) is 28.5 Å². The molecule has 2 aliphatic heterocycles. The standard InChI is InChI=1S/C18H15FN4O2S/c1-9-3-4-11(17(24)25)14(19)13(9)12-7-10-8-21-18(26-2)22-15(10)23-6-5-20-16(12)23/h3-4,7-8H,5-6H2,1-2H3,(H,24,25). The largest absolute Gasteiger partial charge is 0.478 e. The minimum Gasteiger partial charge on any atom is -0.478 e. The van der Waals surface area contributed by atoms with Gasteiger partial charge in [0.1, 0.15) is 17.5 Å². The van der Waals surface area contributed by atoms with E-state index in [1.165, 1.54) is 17.8 Å². The van der Waals surface area contributed by atoms with Crippen LogP contribution in [-0.2, 0) is 0 Å². The summed E-state index contributed by atoms with van der Waals surface area (Å²) in [7, 11) is 0. The van der Waals surface area contributed by atoms with Crippen LogP contribution >= 0.6 is 11.8 Å². The maximum absolute atomic E-state index is 15.0. The number of hydrogen-bond donors (Lipinski definition) is 1. The highest BCUT2D eigenvalue weighted by molar-refractivity contribution is 7.98. The molecule has 0 saturated carbocycles. The van der Waals surface area contributed by atoms with Gasteiger partial charge in [-0.3, -0.25) is 4.99 Å². The SMILES string of the molecule is CSc1ncc2c(n1)N1CCN=C1C(c1c(C)ccc(C(=O)O)c1F)=C2. The van der Waals surface area contributed by atoms with Gasteiger partial charge in [-0.15, -0.1) is 0 Å². The van der Waals surface area contributed by atoms with E-state index >= 15 is 0 Å². The van der Waals surface area contributed by atoms with Gasteiger partial charge in [-0.2, -0.15) is 0 Å². The van der Waals surface area contributed by atoms with Crippen molar-refractivity contribution < 1.29 is 14.3 Å². The first-order valence-corrected chi connectivity index (χ1v) is 9.21. The molecule has 0 unspecified atom stereocenters. The number of amidine groups is 1. The number of aromatic nitrogens is 2. The van der Waals surface area contributed by atoms with Crippen LogP contribution in [0, 0.1) is 12.7 Å². The Morgan fingerprint density at radius 2 is 2.19 bits per heavy atom. The van der Waals surface area contributed by atoms with Crippen molar-refractivity contribution in [3.8, 4) is 0 Å². The number of halogens is 1. The Balaban J connectivity index is 1.96. The molecule has 0 fully saturated rings. The molecule has 0 spiro atoms. The summed E-state index contributed by atoms with van der Waals surface area (Å²) in [6.45, 7) is 2.97. The first kappa shape index (κ1) is 16.7. The first-order chi connectivity index (χ1) is 12.5. The number of nitrogens with zero attached hydrogens (tertiary/aromatic N) is 4. The van der Waals surface area contributed by atoms with Crippen molar-refractivity contribution in [1.82, 2.24) is 9.97 Å². The molecule has 0 saturated heterocycles. The van der Waals surface area contributed by atoms with Gasteiger partial charge >= 0.3 is 5.97 Å². The van der Waals surface area contributed by atoms with Crippen LogP contribution in [0.4, 0.5) is 10.2 Å². The van der Waals surface area contributed by atoms with Gasteiger partial charge in [0.25, 0.3) is 0 Å². The zero-order valence-electron chi connectivity index (χ0n) is 14.2. The van der Waals surface area contributed by atoms with Crippen molar-refractivity contribution in [3.05, 3.63) is 46.4 Å². The summed E-state index contributed by atoms with van der Waals surface area (Å²) in [6.07, 6.45) is 5.40. The number of carbonyl (C=O) groups is 1. The number of benzene rings is 1. The van der Waals surface area contributed by atoms with Gasteiger partial charge in [-0.25, -0.2) is 19.2 Å². The Hall–Kier alpha value is -2.74. The van der Waals surface area contributed by atoms with Gasteiger partial charge in [-0.05, 0) is 30.9 Å². The van der Waals surface area contributed by atoms with Crippen LogP contribution in [0.1, 0.15) is 27.0 Å². The van der Waals surface area contributed by atoms with Gasteiger partial charge in [0.05, 0.1) is 12.1 Å². The summed E-state index contributed by atoms with van der Waals surface area (Å²) in [5.41, 5.74) is 1.89. The van der Waals surface area contributed by atoms with E-state index in [-0.39, 0.29) is 11.1 Å². The molecular formula is C18H15FN4O2S. The van der Waals surface area contributed by atoms with E-state index in [1.807, 2.05) is 11.2 Å². The van der Waals surface area contributed by atoms with Gasteiger partial charge in [0, 0.05) is 29.4 Å². The molecule has 8 heteroatoms. The molecule has 0 aliphatic carbocycles. The van der Waals surface area contributed by atoms with Crippen LogP contribution in [-0.4, -0.2) is 46.2 Å². The third-order valence-electron chi connectivity index (χ3n) is 4.44. The molecule has 0 radical (unpaired) electrons. The lowest BCUT2D eigenvalue weighted by molar-refractivity contribution is 0.0692. The van der Waals surface area contributed by atoms with Crippen molar-refractivity contribution in [1.29, 1.82) is 0 Å².